The van der Waals surface area contributed by atoms with Gasteiger partial charge in [-0.3, -0.25) is 0 Å². The lowest BCUT2D eigenvalue weighted by molar-refractivity contribution is 0.578. The van der Waals surface area contributed by atoms with Crippen molar-refractivity contribution in [3.05, 3.63) is 23.8 Å². The molecule has 0 aliphatic carbocycles. The van der Waals surface area contributed by atoms with Crippen LogP contribution in [0.3, 0.4) is 0 Å². The van der Waals surface area contributed by atoms with Crippen molar-refractivity contribution in [1.82, 2.24) is 4.72 Å². The van der Waals surface area contributed by atoms with E-state index in [0.717, 1.165) is 18.4 Å². The number of sulfonamides is 1. The summed E-state index contributed by atoms with van der Waals surface area (Å²) in [5.41, 5.74) is 7.06. The van der Waals surface area contributed by atoms with Crippen LogP contribution in [0.1, 0.15) is 25.3 Å². The lowest BCUT2D eigenvalue weighted by atomic mass is 10.2. The van der Waals surface area contributed by atoms with Crippen LogP contribution in [0.25, 0.3) is 0 Å². The Bertz CT molecular complexity index is 455. The van der Waals surface area contributed by atoms with Crippen LogP contribution in [0.2, 0.25) is 0 Å². The van der Waals surface area contributed by atoms with Crippen molar-refractivity contribution in [3.63, 3.8) is 0 Å². The third kappa shape index (κ3) is 3.21. The Kier molecular flexibility index (Phi) is 4.32. The van der Waals surface area contributed by atoms with E-state index < -0.39 is 10.0 Å². The molecule has 0 aromatic heterocycles. The highest BCUT2D eigenvalue weighted by Crippen LogP contribution is 2.16. The summed E-state index contributed by atoms with van der Waals surface area (Å²) in [4.78, 5) is 0.228. The smallest absolute Gasteiger partial charge is 0.240 e. The van der Waals surface area contributed by atoms with E-state index >= 15 is 0 Å². The average molecular weight is 242 g/mol. The first-order chi connectivity index (χ1) is 7.47. The molecule has 90 valence electrons. The molecule has 0 saturated carbocycles. The van der Waals surface area contributed by atoms with Crippen molar-refractivity contribution in [2.75, 3.05) is 12.3 Å². The zero-order valence-electron chi connectivity index (χ0n) is 9.66. The van der Waals surface area contributed by atoms with E-state index in [1.807, 2.05) is 13.8 Å². The Morgan fingerprint density at radius 3 is 2.62 bits per heavy atom. The molecule has 0 aliphatic heterocycles. The zero-order valence-corrected chi connectivity index (χ0v) is 10.5. The normalized spacial score (nSPS) is 11.6. The molecule has 0 fully saturated rings. The maximum atomic E-state index is 11.8. The summed E-state index contributed by atoms with van der Waals surface area (Å²) in [5.74, 6) is 0. The lowest BCUT2D eigenvalue weighted by Gasteiger charge is -2.07. The third-order valence-corrected chi connectivity index (χ3v) is 3.84. The minimum atomic E-state index is -3.40. The first-order valence-electron chi connectivity index (χ1n) is 5.33. The van der Waals surface area contributed by atoms with Crippen molar-refractivity contribution in [1.29, 1.82) is 0 Å². The van der Waals surface area contributed by atoms with E-state index in [4.69, 9.17) is 5.73 Å². The first-order valence-corrected chi connectivity index (χ1v) is 6.81. The van der Waals surface area contributed by atoms with Crippen molar-refractivity contribution < 1.29 is 8.42 Å². The lowest BCUT2D eigenvalue weighted by Crippen LogP contribution is -2.24. The molecule has 1 aromatic rings. The van der Waals surface area contributed by atoms with Crippen LogP contribution in [-0.4, -0.2) is 15.0 Å². The number of aryl methyl sites for hydroxylation is 1. The predicted molar refractivity (Wildman–Crippen MR) is 65.7 cm³/mol. The van der Waals surface area contributed by atoms with E-state index in [1.165, 1.54) is 6.07 Å². The van der Waals surface area contributed by atoms with Gasteiger partial charge in [0.2, 0.25) is 10.0 Å². The molecule has 1 aromatic carbocycles. The fourth-order valence-electron chi connectivity index (χ4n) is 1.25. The summed E-state index contributed by atoms with van der Waals surface area (Å²) in [6, 6.07) is 4.77. The number of nitrogen functional groups attached to an aromatic ring is 1. The molecule has 0 saturated heterocycles. The highest BCUT2D eigenvalue weighted by atomic mass is 32.2. The zero-order chi connectivity index (χ0) is 12.2. The van der Waals surface area contributed by atoms with Gasteiger partial charge < -0.3 is 5.73 Å². The molecule has 0 heterocycles. The van der Waals surface area contributed by atoms with Crippen LogP contribution >= 0.6 is 0 Å². The molecule has 16 heavy (non-hydrogen) atoms. The number of benzene rings is 1. The number of anilines is 1. The number of nitrogens with one attached hydrogen (secondary N) is 1. The quantitative estimate of drug-likeness (QED) is 0.609. The molecule has 1 rings (SSSR count). The van der Waals surface area contributed by atoms with Gasteiger partial charge in [-0.05, 0) is 31.0 Å². The molecule has 3 N–H and O–H groups in total. The van der Waals surface area contributed by atoms with Crippen LogP contribution in [0.5, 0.6) is 0 Å². The number of unbranched alkanes of at least 4 members (excludes halogenated alkanes) is 1. The van der Waals surface area contributed by atoms with Gasteiger partial charge in [0.15, 0.2) is 0 Å². The van der Waals surface area contributed by atoms with Gasteiger partial charge in [0.1, 0.15) is 0 Å². The van der Waals surface area contributed by atoms with Crippen LogP contribution < -0.4 is 10.5 Å². The number of hydrogen-bond acceptors (Lipinski definition) is 3. The number of rotatable bonds is 5. The van der Waals surface area contributed by atoms with E-state index in [0.29, 0.717) is 12.2 Å². The van der Waals surface area contributed by atoms with E-state index in [2.05, 4.69) is 4.72 Å². The Morgan fingerprint density at radius 2 is 2.06 bits per heavy atom. The van der Waals surface area contributed by atoms with Gasteiger partial charge in [-0.25, -0.2) is 13.1 Å². The Morgan fingerprint density at radius 1 is 1.38 bits per heavy atom. The monoisotopic (exact) mass is 242 g/mol. The Hall–Kier alpha value is -1.07. The van der Waals surface area contributed by atoms with E-state index in [-0.39, 0.29) is 4.90 Å². The fraction of sp³-hybridized carbons (Fsp3) is 0.455. The second kappa shape index (κ2) is 5.32. The Balaban J connectivity index is 2.86. The van der Waals surface area contributed by atoms with Crippen LogP contribution in [-0.2, 0) is 10.0 Å². The van der Waals surface area contributed by atoms with Gasteiger partial charge in [-0.2, -0.15) is 0 Å². The van der Waals surface area contributed by atoms with Gasteiger partial charge in [0, 0.05) is 12.2 Å². The summed E-state index contributed by atoms with van der Waals surface area (Å²) < 4.78 is 26.1. The molecular formula is C11H18N2O2S. The topological polar surface area (TPSA) is 72.2 Å². The second-order valence-electron chi connectivity index (χ2n) is 3.77. The summed E-state index contributed by atoms with van der Waals surface area (Å²) >= 11 is 0. The molecule has 0 aliphatic rings. The van der Waals surface area contributed by atoms with Crippen molar-refractivity contribution in [2.24, 2.45) is 0 Å². The fourth-order valence-corrected chi connectivity index (χ4v) is 2.36. The van der Waals surface area contributed by atoms with Crippen molar-refractivity contribution in [3.8, 4) is 0 Å². The van der Waals surface area contributed by atoms with Gasteiger partial charge in [0.05, 0.1) is 4.90 Å². The molecule has 0 unspecified atom stereocenters. The minimum absolute atomic E-state index is 0.228. The summed E-state index contributed by atoms with van der Waals surface area (Å²) in [6.07, 6.45) is 1.79. The van der Waals surface area contributed by atoms with Gasteiger partial charge in [-0.15, -0.1) is 0 Å². The molecule has 0 radical (unpaired) electrons. The molecule has 0 atom stereocenters. The maximum absolute atomic E-state index is 11.8. The number of hydrogen-bond donors (Lipinski definition) is 2. The van der Waals surface area contributed by atoms with Crippen molar-refractivity contribution >= 4 is 15.7 Å². The van der Waals surface area contributed by atoms with Gasteiger partial charge in [-0.1, -0.05) is 19.4 Å². The SMILES string of the molecule is CCCCNS(=O)(=O)c1ccc(C)c(N)c1. The molecule has 4 nitrogen and oxygen atoms in total. The molecule has 5 heteroatoms. The minimum Gasteiger partial charge on any atom is -0.398 e. The summed E-state index contributed by atoms with van der Waals surface area (Å²) in [5, 5.41) is 0. The largest absolute Gasteiger partial charge is 0.398 e. The van der Waals surface area contributed by atoms with Crippen LogP contribution in [0.15, 0.2) is 23.1 Å². The standard InChI is InChI=1S/C11H18N2O2S/c1-3-4-7-13-16(14,15)10-6-5-9(2)11(12)8-10/h5-6,8,13H,3-4,7,12H2,1-2H3. The summed E-state index contributed by atoms with van der Waals surface area (Å²) in [7, 11) is -3.40. The van der Waals surface area contributed by atoms with Crippen molar-refractivity contribution in [2.45, 2.75) is 31.6 Å². The molecule has 0 spiro atoms. The van der Waals surface area contributed by atoms with Gasteiger partial charge >= 0.3 is 0 Å². The molecule has 0 amide bonds. The highest BCUT2D eigenvalue weighted by Gasteiger charge is 2.13. The maximum Gasteiger partial charge on any atom is 0.240 e. The molecular weight excluding hydrogens is 224 g/mol. The first kappa shape index (κ1) is 13.0. The van der Waals surface area contributed by atoms with Crippen LogP contribution in [0.4, 0.5) is 5.69 Å². The van der Waals surface area contributed by atoms with Gasteiger partial charge in [0.25, 0.3) is 0 Å². The Labute approximate surface area is 96.9 Å². The predicted octanol–water partition coefficient (Wildman–Crippen LogP) is 1.66. The third-order valence-electron chi connectivity index (χ3n) is 2.38. The van der Waals surface area contributed by atoms with Crippen LogP contribution in [0, 0.1) is 6.92 Å². The van der Waals surface area contributed by atoms with E-state index in [1.54, 1.807) is 12.1 Å². The highest BCUT2D eigenvalue weighted by molar-refractivity contribution is 7.89. The average Bonchev–Trinajstić information content (AvgIpc) is 2.22. The summed E-state index contributed by atoms with van der Waals surface area (Å²) in [6.45, 7) is 4.32. The number of nitrogens with two attached hydrogens (primary N) is 1. The van der Waals surface area contributed by atoms with E-state index in [9.17, 15) is 8.42 Å². The molecule has 0 bridgehead atoms. The second-order valence-corrected chi connectivity index (χ2v) is 5.54.